The molecule has 1 aromatic heterocycles. The van der Waals surface area contributed by atoms with E-state index in [1.807, 2.05) is 25.1 Å². The van der Waals surface area contributed by atoms with E-state index in [-0.39, 0.29) is 5.82 Å². The van der Waals surface area contributed by atoms with Crippen molar-refractivity contribution in [1.82, 2.24) is 20.4 Å². The van der Waals surface area contributed by atoms with Gasteiger partial charge >= 0.3 is 0 Å². The molecule has 32 heavy (non-hydrogen) atoms. The van der Waals surface area contributed by atoms with Crippen LogP contribution in [-0.4, -0.2) is 26.7 Å². The molecule has 0 amide bonds. The first kappa shape index (κ1) is 22.4. The Labute approximate surface area is 197 Å². The van der Waals surface area contributed by atoms with Crippen molar-refractivity contribution in [3.05, 3.63) is 76.5 Å². The Morgan fingerprint density at radius 2 is 2.00 bits per heavy atom. The third-order valence-electron chi connectivity index (χ3n) is 5.50. The summed E-state index contributed by atoms with van der Waals surface area (Å²) in [5, 5.41) is 8.72. The highest BCUT2D eigenvalue weighted by Gasteiger charge is 2.34. The molecule has 0 radical (unpaired) electrons. The second kappa shape index (κ2) is 9.79. The quantitative estimate of drug-likeness (QED) is 0.319. The summed E-state index contributed by atoms with van der Waals surface area (Å²) in [5.41, 5.74) is 3.19. The molecule has 1 aliphatic rings. The van der Waals surface area contributed by atoms with Gasteiger partial charge in [0.05, 0.1) is 11.6 Å². The first-order valence-electron chi connectivity index (χ1n) is 10.6. The summed E-state index contributed by atoms with van der Waals surface area (Å²) in [5.74, 6) is 0.483. The number of halogens is 2. The van der Waals surface area contributed by atoms with E-state index in [1.54, 1.807) is 18.2 Å². The third kappa shape index (κ3) is 4.69. The van der Waals surface area contributed by atoms with Crippen LogP contribution in [0.25, 0.3) is 17.0 Å². The Morgan fingerprint density at radius 1 is 1.19 bits per heavy atom. The maximum absolute atomic E-state index is 14.0. The monoisotopic (exact) mass is 470 g/mol. The number of hydrogen-bond acceptors (Lipinski definition) is 4. The zero-order chi connectivity index (χ0) is 22.7. The van der Waals surface area contributed by atoms with Gasteiger partial charge in [0, 0.05) is 22.8 Å². The van der Waals surface area contributed by atoms with Crippen LogP contribution in [0.1, 0.15) is 50.6 Å². The summed E-state index contributed by atoms with van der Waals surface area (Å²) < 4.78 is 19.7. The molecule has 1 N–H and O–H groups in total. The fraction of sp³-hybridized carbons (Fsp3) is 0.292. The molecule has 0 aliphatic carbocycles. The van der Waals surface area contributed by atoms with Crippen LogP contribution >= 0.6 is 23.8 Å². The Hall–Kier alpha value is -2.77. The van der Waals surface area contributed by atoms with Crippen molar-refractivity contribution < 1.29 is 8.91 Å². The van der Waals surface area contributed by atoms with Crippen LogP contribution in [0.2, 0.25) is 5.02 Å². The summed E-state index contributed by atoms with van der Waals surface area (Å²) in [4.78, 5) is 6.71. The lowest BCUT2D eigenvalue weighted by molar-refractivity contribution is 0.395. The Balaban J connectivity index is 1.78. The number of rotatable bonds is 7. The summed E-state index contributed by atoms with van der Waals surface area (Å²) >= 11 is 11.8. The summed E-state index contributed by atoms with van der Waals surface area (Å²) in [6.45, 7) is 4.93. The molecule has 1 aliphatic heterocycles. The topological polar surface area (TPSA) is 54.2 Å². The average Bonchev–Trinajstić information content (AvgIpc) is 3.25. The summed E-state index contributed by atoms with van der Waals surface area (Å²) in [6, 6.07) is 13.3. The van der Waals surface area contributed by atoms with E-state index in [9.17, 15) is 4.39 Å². The third-order valence-corrected chi connectivity index (χ3v) is 6.08. The average molecular weight is 471 g/mol. The van der Waals surface area contributed by atoms with Gasteiger partial charge in [0.15, 0.2) is 5.11 Å². The number of thiocarbonyl (C=S) groups is 1. The van der Waals surface area contributed by atoms with Gasteiger partial charge in [-0.2, -0.15) is 4.98 Å². The largest absolute Gasteiger partial charge is 0.351 e. The molecule has 0 bridgehead atoms. The second-order valence-corrected chi connectivity index (χ2v) is 8.55. The number of unbranched alkanes of at least 4 members (excludes halogenated alkanes) is 2. The van der Waals surface area contributed by atoms with Gasteiger partial charge in [0.1, 0.15) is 5.82 Å². The van der Waals surface area contributed by atoms with Crippen LogP contribution in [0, 0.1) is 5.82 Å². The van der Waals surface area contributed by atoms with Crippen molar-refractivity contribution in [2.45, 2.75) is 39.2 Å². The van der Waals surface area contributed by atoms with Crippen LogP contribution in [0.3, 0.4) is 0 Å². The smallest absolute Gasteiger partial charge is 0.258 e. The van der Waals surface area contributed by atoms with Crippen molar-refractivity contribution >= 4 is 34.5 Å². The molecule has 8 heteroatoms. The second-order valence-electron chi connectivity index (χ2n) is 7.73. The van der Waals surface area contributed by atoms with E-state index >= 15 is 0 Å². The van der Waals surface area contributed by atoms with Gasteiger partial charge in [-0.05, 0) is 55.4 Å². The standard InChI is InChI=1S/C24H24ClFN4OS/c1-3-4-5-12-30-15(2)20(21(27-24(30)32)16-8-7-11-19(26)14-16)23-28-22(29-31-23)17-9-6-10-18(25)13-17/h6-11,13-14,21H,3-5,12H2,1-2H3,(H,27,32). The SMILES string of the molecule is CCCCCN1C(=S)NC(c2cccc(F)c2)C(c2nc(-c3cccc(Cl)c3)no2)=C1C. The van der Waals surface area contributed by atoms with Gasteiger partial charge in [-0.15, -0.1) is 0 Å². The van der Waals surface area contributed by atoms with E-state index in [1.165, 1.54) is 12.1 Å². The van der Waals surface area contributed by atoms with Crippen LogP contribution in [-0.2, 0) is 0 Å². The van der Waals surface area contributed by atoms with E-state index in [2.05, 4.69) is 27.3 Å². The molecule has 0 fully saturated rings. The first-order chi connectivity index (χ1) is 15.5. The van der Waals surface area contributed by atoms with E-state index in [0.717, 1.165) is 48.2 Å². The number of nitrogens with one attached hydrogen (secondary N) is 1. The molecule has 3 aromatic rings. The zero-order valence-corrected chi connectivity index (χ0v) is 19.5. The molecule has 1 unspecified atom stereocenters. The van der Waals surface area contributed by atoms with Gasteiger partial charge in [-0.3, -0.25) is 0 Å². The van der Waals surface area contributed by atoms with Gasteiger partial charge in [-0.1, -0.05) is 60.8 Å². The normalized spacial score (nSPS) is 16.4. The molecule has 5 nitrogen and oxygen atoms in total. The number of allylic oxidation sites excluding steroid dienone is 1. The molecule has 0 saturated carbocycles. The maximum Gasteiger partial charge on any atom is 0.258 e. The van der Waals surface area contributed by atoms with E-state index < -0.39 is 6.04 Å². The predicted molar refractivity (Wildman–Crippen MR) is 128 cm³/mol. The number of hydrogen-bond donors (Lipinski definition) is 1. The minimum absolute atomic E-state index is 0.317. The summed E-state index contributed by atoms with van der Waals surface area (Å²) in [6.07, 6.45) is 3.22. The zero-order valence-electron chi connectivity index (χ0n) is 17.9. The number of benzene rings is 2. The maximum atomic E-state index is 14.0. The molecular weight excluding hydrogens is 447 g/mol. The molecule has 2 heterocycles. The van der Waals surface area contributed by atoms with Crippen molar-refractivity contribution in [3.8, 4) is 11.4 Å². The molecule has 1 atom stereocenters. The predicted octanol–water partition coefficient (Wildman–Crippen LogP) is 6.38. The number of nitrogens with zero attached hydrogens (tertiary/aromatic N) is 3. The lowest BCUT2D eigenvalue weighted by Gasteiger charge is -2.37. The van der Waals surface area contributed by atoms with Gasteiger partial charge in [-0.25, -0.2) is 4.39 Å². The molecule has 4 rings (SSSR count). The Kier molecular flexibility index (Phi) is 6.86. The van der Waals surface area contributed by atoms with Gasteiger partial charge < -0.3 is 14.7 Å². The fourth-order valence-electron chi connectivity index (χ4n) is 3.86. The molecule has 166 valence electrons. The van der Waals surface area contributed by atoms with Crippen LogP contribution in [0.5, 0.6) is 0 Å². The highest BCUT2D eigenvalue weighted by atomic mass is 35.5. The lowest BCUT2D eigenvalue weighted by atomic mass is 9.94. The Morgan fingerprint density at radius 3 is 2.75 bits per heavy atom. The molecular formula is C24H24ClFN4OS. The number of aromatic nitrogens is 2. The van der Waals surface area contributed by atoms with Crippen molar-refractivity contribution in [2.24, 2.45) is 0 Å². The molecule has 0 saturated heterocycles. The molecule has 0 spiro atoms. The minimum atomic E-state index is -0.409. The van der Waals surface area contributed by atoms with Crippen molar-refractivity contribution in [2.75, 3.05) is 6.54 Å². The van der Waals surface area contributed by atoms with Gasteiger partial charge in [0.25, 0.3) is 5.89 Å². The van der Waals surface area contributed by atoms with E-state index in [4.69, 9.17) is 28.3 Å². The van der Waals surface area contributed by atoms with Crippen LogP contribution in [0.4, 0.5) is 4.39 Å². The van der Waals surface area contributed by atoms with Crippen molar-refractivity contribution in [3.63, 3.8) is 0 Å². The van der Waals surface area contributed by atoms with Crippen LogP contribution in [0.15, 0.2) is 58.8 Å². The lowest BCUT2D eigenvalue weighted by Crippen LogP contribution is -2.46. The highest BCUT2D eigenvalue weighted by Crippen LogP contribution is 2.37. The fourth-order valence-corrected chi connectivity index (χ4v) is 4.40. The van der Waals surface area contributed by atoms with E-state index in [0.29, 0.717) is 21.9 Å². The molecule has 2 aromatic carbocycles. The first-order valence-corrected chi connectivity index (χ1v) is 11.4. The highest BCUT2D eigenvalue weighted by molar-refractivity contribution is 7.80. The summed E-state index contributed by atoms with van der Waals surface area (Å²) in [7, 11) is 0. The van der Waals surface area contributed by atoms with Crippen LogP contribution < -0.4 is 5.32 Å². The van der Waals surface area contributed by atoms with Gasteiger partial charge in [0.2, 0.25) is 5.82 Å². The van der Waals surface area contributed by atoms with Crippen molar-refractivity contribution in [1.29, 1.82) is 0 Å². The minimum Gasteiger partial charge on any atom is -0.351 e. The Bertz CT molecular complexity index is 1160.